The lowest BCUT2D eigenvalue weighted by atomic mass is 9.53. The Balaban J connectivity index is 1.64. The van der Waals surface area contributed by atoms with Crippen LogP contribution in [0.5, 0.6) is 5.75 Å². The van der Waals surface area contributed by atoms with Gasteiger partial charge in [0.2, 0.25) is 0 Å². The molecule has 2 saturated carbocycles. The van der Waals surface area contributed by atoms with Crippen molar-refractivity contribution in [2.75, 3.05) is 0 Å². The Labute approximate surface area is 167 Å². The Morgan fingerprint density at radius 2 is 1.93 bits per heavy atom. The van der Waals surface area contributed by atoms with Crippen LogP contribution in [0, 0.1) is 29.6 Å². The Morgan fingerprint density at radius 1 is 1.14 bits per heavy atom. The summed E-state index contributed by atoms with van der Waals surface area (Å²) in [7, 11) is 0. The van der Waals surface area contributed by atoms with Crippen LogP contribution in [0.2, 0.25) is 0 Å². The van der Waals surface area contributed by atoms with Crippen LogP contribution in [-0.2, 0) is 20.7 Å². The molecule has 2 fully saturated rings. The maximum Gasteiger partial charge on any atom is 0.308 e. The smallest absolute Gasteiger partial charge is 0.308 e. The maximum atomic E-state index is 11.8. The first-order valence-electron chi connectivity index (χ1n) is 10.3. The van der Waals surface area contributed by atoms with Crippen LogP contribution in [0.4, 0.5) is 0 Å². The minimum Gasteiger partial charge on any atom is -0.445 e. The molecule has 3 aliphatic carbocycles. The van der Waals surface area contributed by atoms with Gasteiger partial charge in [0, 0.05) is 19.3 Å². The van der Waals surface area contributed by atoms with Gasteiger partial charge in [-0.05, 0) is 79.5 Å². The largest absolute Gasteiger partial charge is 0.445 e. The number of fused-ring (bicyclic) bond motifs is 5. The molecule has 0 bridgehead atoms. The molecular weight excluding hydrogens is 352 g/mol. The van der Waals surface area contributed by atoms with E-state index in [0.29, 0.717) is 23.5 Å². The first-order chi connectivity index (χ1) is 13.3. The van der Waals surface area contributed by atoms with Gasteiger partial charge in [0.05, 0.1) is 0 Å². The molecule has 0 aromatic heterocycles. The number of carbonyl (C=O) groups is 2. The predicted octanol–water partition coefficient (Wildman–Crippen LogP) is 4.40. The predicted molar refractivity (Wildman–Crippen MR) is 106 cm³/mol. The molecule has 4 heteroatoms. The Kier molecular flexibility index (Phi) is 4.53. The van der Waals surface area contributed by atoms with Crippen LogP contribution in [0.25, 0.3) is 0 Å². The molecule has 5 atom stereocenters. The van der Waals surface area contributed by atoms with Gasteiger partial charge in [-0.1, -0.05) is 18.9 Å². The highest BCUT2D eigenvalue weighted by Crippen LogP contribution is 2.65. The number of aryl methyl sites for hydroxylation is 1. The third kappa shape index (κ3) is 2.75. The van der Waals surface area contributed by atoms with Gasteiger partial charge in [-0.2, -0.15) is 0 Å². The van der Waals surface area contributed by atoms with E-state index < -0.39 is 5.60 Å². The molecular formula is C24H28O4. The van der Waals surface area contributed by atoms with Gasteiger partial charge in [-0.3, -0.25) is 9.59 Å². The summed E-state index contributed by atoms with van der Waals surface area (Å²) in [6, 6.07) is 6.08. The third-order valence-corrected chi connectivity index (χ3v) is 7.63. The zero-order valence-corrected chi connectivity index (χ0v) is 16.9. The summed E-state index contributed by atoms with van der Waals surface area (Å²) < 4.78 is 11.1. The van der Waals surface area contributed by atoms with E-state index in [2.05, 4.69) is 18.9 Å². The second kappa shape index (κ2) is 6.65. The summed E-state index contributed by atoms with van der Waals surface area (Å²) in [5.74, 6) is 4.47. The van der Waals surface area contributed by atoms with Crippen LogP contribution in [0.1, 0.15) is 69.9 Å². The summed E-state index contributed by atoms with van der Waals surface area (Å²) in [6.07, 6.45) is 11.8. The molecule has 28 heavy (non-hydrogen) atoms. The molecule has 148 valence electrons. The number of hydrogen-bond donors (Lipinski definition) is 0. The van der Waals surface area contributed by atoms with Crippen molar-refractivity contribution in [2.24, 2.45) is 17.3 Å². The van der Waals surface area contributed by atoms with E-state index in [1.807, 2.05) is 12.1 Å². The molecule has 0 unspecified atom stereocenters. The van der Waals surface area contributed by atoms with Crippen molar-refractivity contribution in [2.45, 2.75) is 70.8 Å². The van der Waals surface area contributed by atoms with Crippen LogP contribution in [-0.4, -0.2) is 17.5 Å². The van der Waals surface area contributed by atoms with Crippen LogP contribution < -0.4 is 4.74 Å². The quantitative estimate of drug-likeness (QED) is 0.433. The van der Waals surface area contributed by atoms with Gasteiger partial charge in [0.25, 0.3) is 0 Å². The molecule has 0 saturated heterocycles. The molecule has 3 aliphatic rings. The van der Waals surface area contributed by atoms with Crippen molar-refractivity contribution in [3.05, 3.63) is 29.3 Å². The van der Waals surface area contributed by atoms with Crippen molar-refractivity contribution < 1.29 is 19.1 Å². The highest BCUT2D eigenvalue weighted by Gasteiger charge is 2.63. The summed E-state index contributed by atoms with van der Waals surface area (Å²) in [6.45, 7) is 5.13. The number of esters is 2. The fraction of sp³-hybridized carbons (Fsp3) is 0.583. The SMILES string of the molecule is C#C[C@]1(OC(C)=O)CC[C@H]2[C@@H]3CCc4cc(OC(C)=O)ccc4[C@@H]3CC[C@@]21C. The molecule has 0 aliphatic heterocycles. The van der Waals surface area contributed by atoms with E-state index in [1.165, 1.54) is 25.0 Å². The Hall–Kier alpha value is -2.28. The average Bonchev–Trinajstić information content (AvgIpc) is 2.93. The first-order valence-corrected chi connectivity index (χ1v) is 10.3. The minimum absolute atomic E-state index is 0.163. The fourth-order valence-electron chi connectivity index (χ4n) is 6.47. The number of hydrogen-bond acceptors (Lipinski definition) is 4. The molecule has 4 rings (SSSR count). The van der Waals surface area contributed by atoms with Crippen molar-refractivity contribution in [1.82, 2.24) is 0 Å². The Morgan fingerprint density at radius 3 is 2.61 bits per heavy atom. The van der Waals surface area contributed by atoms with E-state index >= 15 is 0 Å². The molecule has 0 amide bonds. The fourth-order valence-corrected chi connectivity index (χ4v) is 6.47. The minimum atomic E-state index is -0.770. The van der Waals surface area contributed by atoms with Crippen molar-refractivity contribution in [1.29, 1.82) is 0 Å². The number of benzene rings is 1. The first kappa shape index (κ1) is 19.1. The molecule has 0 heterocycles. The third-order valence-electron chi connectivity index (χ3n) is 7.63. The van der Waals surface area contributed by atoms with Gasteiger partial charge < -0.3 is 9.47 Å². The lowest BCUT2D eigenvalue weighted by molar-refractivity contribution is -0.165. The molecule has 4 nitrogen and oxygen atoms in total. The number of ether oxygens (including phenoxy) is 2. The van der Waals surface area contributed by atoms with Gasteiger partial charge in [0.15, 0.2) is 5.60 Å². The van der Waals surface area contributed by atoms with Gasteiger partial charge in [-0.15, -0.1) is 6.42 Å². The monoisotopic (exact) mass is 380 g/mol. The average molecular weight is 380 g/mol. The number of rotatable bonds is 2. The Bertz CT molecular complexity index is 866. The van der Waals surface area contributed by atoms with Crippen molar-refractivity contribution >= 4 is 11.9 Å². The van der Waals surface area contributed by atoms with E-state index in [0.717, 1.165) is 38.5 Å². The molecule has 1 aromatic rings. The number of carbonyl (C=O) groups excluding carboxylic acids is 2. The maximum absolute atomic E-state index is 11.8. The molecule has 1 aromatic carbocycles. The van der Waals surface area contributed by atoms with Gasteiger partial charge in [0.1, 0.15) is 5.75 Å². The molecule has 0 N–H and O–H groups in total. The van der Waals surface area contributed by atoms with Crippen LogP contribution in [0.15, 0.2) is 18.2 Å². The highest BCUT2D eigenvalue weighted by atomic mass is 16.6. The summed E-state index contributed by atoms with van der Waals surface area (Å²) >= 11 is 0. The van der Waals surface area contributed by atoms with E-state index in [4.69, 9.17) is 15.9 Å². The zero-order valence-electron chi connectivity index (χ0n) is 16.9. The summed E-state index contributed by atoms with van der Waals surface area (Å²) in [5, 5.41) is 0. The van der Waals surface area contributed by atoms with E-state index in [-0.39, 0.29) is 17.4 Å². The lowest BCUT2D eigenvalue weighted by Crippen LogP contribution is -2.52. The standard InChI is InChI=1S/C24H28O4/c1-5-24(28-16(3)26)13-11-22-21-8-6-17-14-18(27-15(2)25)7-9-19(17)20(21)10-12-23(22,24)4/h1,7,9,14,20-22H,6,8,10-13H2,2-4H3/t20-,21+,22-,23-,24-/m0/s1. The second-order valence-electron chi connectivity index (χ2n) is 8.93. The van der Waals surface area contributed by atoms with Crippen molar-refractivity contribution in [3.63, 3.8) is 0 Å². The normalized spacial score (nSPS) is 35.7. The van der Waals surface area contributed by atoms with Gasteiger partial charge in [-0.25, -0.2) is 0 Å². The summed E-state index contributed by atoms with van der Waals surface area (Å²) in [4.78, 5) is 23.0. The van der Waals surface area contributed by atoms with Crippen molar-refractivity contribution in [3.8, 4) is 18.1 Å². The number of terminal acetylenes is 1. The topological polar surface area (TPSA) is 52.6 Å². The second-order valence-corrected chi connectivity index (χ2v) is 8.93. The zero-order chi connectivity index (χ0) is 20.1. The molecule has 0 spiro atoms. The van der Waals surface area contributed by atoms with Crippen LogP contribution in [0.3, 0.4) is 0 Å². The molecule has 0 radical (unpaired) electrons. The highest BCUT2D eigenvalue weighted by molar-refractivity contribution is 5.69. The van der Waals surface area contributed by atoms with E-state index in [9.17, 15) is 9.59 Å². The lowest BCUT2D eigenvalue weighted by Gasteiger charge is -2.52. The van der Waals surface area contributed by atoms with E-state index in [1.54, 1.807) is 0 Å². The summed E-state index contributed by atoms with van der Waals surface area (Å²) in [5.41, 5.74) is 1.75. The van der Waals surface area contributed by atoms with Crippen LogP contribution >= 0.6 is 0 Å². The van der Waals surface area contributed by atoms with Gasteiger partial charge >= 0.3 is 11.9 Å².